The summed E-state index contributed by atoms with van der Waals surface area (Å²) in [5.74, 6) is 0.569. The van der Waals surface area contributed by atoms with Crippen molar-refractivity contribution in [1.82, 2.24) is 9.62 Å². The fourth-order valence-electron chi connectivity index (χ4n) is 2.55. The van der Waals surface area contributed by atoms with Gasteiger partial charge >= 0.3 is 0 Å². The molecule has 17 heavy (non-hydrogen) atoms. The summed E-state index contributed by atoms with van der Waals surface area (Å²) >= 11 is 0. The zero-order valence-corrected chi connectivity index (χ0v) is 11.5. The van der Waals surface area contributed by atoms with Crippen LogP contribution in [0, 0.1) is 5.92 Å². The number of hydrogen-bond donors (Lipinski definition) is 1. The zero-order chi connectivity index (χ0) is 12.3. The summed E-state index contributed by atoms with van der Waals surface area (Å²) in [4.78, 5) is 0. The van der Waals surface area contributed by atoms with Crippen molar-refractivity contribution < 1.29 is 8.42 Å². The third kappa shape index (κ3) is 4.56. The van der Waals surface area contributed by atoms with E-state index in [1.54, 1.807) is 4.31 Å². The minimum absolute atomic E-state index is 0.569. The maximum atomic E-state index is 11.5. The summed E-state index contributed by atoms with van der Waals surface area (Å²) < 4.78 is 24.6. The summed E-state index contributed by atoms with van der Waals surface area (Å²) in [7, 11) is -2.98. The van der Waals surface area contributed by atoms with Gasteiger partial charge in [-0.2, -0.15) is 0 Å². The van der Waals surface area contributed by atoms with Gasteiger partial charge in [0.1, 0.15) is 0 Å². The van der Waals surface area contributed by atoms with Crippen LogP contribution < -0.4 is 5.32 Å². The molecule has 0 aromatic rings. The lowest BCUT2D eigenvalue weighted by Gasteiger charge is -2.30. The molecule has 0 aromatic carbocycles. The average Bonchev–Trinajstić information content (AvgIpc) is 3.08. The Morgan fingerprint density at radius 3 is 2.71 bits per heavy atom. The SMILES string of the molecule is CS(=O)(=O)N1CCCC(CCCNC2CC2)C1. The van der Waals surface area contributed by atoms with Crippen molar-refractivity contribution >= 4 is 10.0 Å². The molecule has 100 valence electrons. The van der Waals surface area contributed by atoms with E-state index in [0.717, 1.165) is 38.5 Å². The molecule has 5 heteroatoms. The highest BCUT2D eigenvalue weighted by Gasteiger charge is 2.25. The summed E-state index contributed by atoms with van der Waals surface area (Å²) in [5, 5.41) is 3.51. The fourth-order valence-corrected chi connectivity index (χ4v) is 3.49. The number of hydrogen-bond acceptors (Lipinski definition) is 3. The predicted molar refractivity (Wildman–Crippen MR) is 69.4 cm³/mol. The average molecular weight is 260 g/mol. The molecule has 1 unspecified atom stereocenters. The largest absolute Gasteiger partial charge is 0.314 e. The van der Waals surface area contributed by atoms with E-state index in [9.17, 15) is 8.42 Å². The van der Waals surface area contributed by atoms with E-state index in [1.165, 1.54) is 31.9 Å². The van der Waals surface area contributed by atoms with Gasteiger partial charge < -0.3 is 5.32 Å². The second-order valence-electron chi connectivity index (χ2n) is 5.50. The Kier molecular flexibility index (Phi) is 4.44. The van der Waals surface area contributed by atoms with Crippen LogP contribution in [-0.2, 0) is 10.0 Å². The Balaban J connectivity index is 1.65. The van der Waals surface area contributed by atoms with E-state index < -0.39 is 10.0 Å². The van der Waals surface area contributed by atoms with Crippen molar-refractivity contribution in [3.63, 3.8) is 0 Å². The van der Waals surface area contributed by atoms with Gasteiger partial charge in [0.05, 0.1) is 6.26 Å². The molecule has 0 aromatic heterocycles. The van der Waals surface area contributed by atoms with Crippen molar-refractivity contribution in [1.29, 1.82) is 0 Å². The van der Waals surface area contributed by atoms with Crippen LogP contribution in [0.1, 0.15) is 38.5 Å². The summed E-state index contributed by atoms with van der Waals surface area (Å²) in [6.07, 6.45) is 8.55. The summed E-state index contributed by atoms with van der Waals surface area (Å²) in [6.45, 7) is 2.55. The molecule has 1 aliphatic carbocycles. The number of sulfonamides is 1. The van der Waals surface area contributed by atoms with Gasteiger partial charge in [-0.05, 0) is 51.0 Å². The molecule has 2 rings (SSSR count). The smallest absolute Gasteiger partial charge is 0.211 e. The van der Waals surface area contributed by atoms with E-state index in [1.807, 2.05) is 0 Å². The van der Waals surface area contributed by atoms with Crippen LogP contribution in [0.2, 0.25) is 0 Å². The maximum absolute atomic E-state index is 11.5. The van der Waals surface area contributed by atoms with Crippen LogP contribution in [0.5, 0.6) is 0 Å². The van der Waals surface area contributed by atoms with Crippen LogP contribution in [0.3, 0.4) is 0 Å². The molecule has 1 aliphatic heterocycles. The summed E-state index contributed by atoms with van der Waals surface area (Å²) in [6, 6.07) is 0.786. The van der Waals surface area contributed by atoms with E-state index in [0.29, 0.717) is 5.92 Å². The molecule has 0 amide bonds. The van der Waals surface area contributed by atoms with Crippen LogP contribution >= 0.6 is 0 Å². The molecular formula is C12H24N2O2S. The molecule has 0 bridgehead atoms. The lowest BCUT2D eigenvalue weighted by atomic mass is 9.95. The van der Waals surface area contributed by atoms with Gasteiger partial charge in [-0.1, -0.05) is 0 Å². The second-order valence-corrected chi connectivity index (χ2v) is 7.48. The van der Waals surface area contributed by atoms with Gasteiger partial charge in [-0.3, -0.25) is 0 Å². The molecule has 2 aliphatic rings. The van der Waals surface area contributed by atoms with Crippen molar-refractivity contribution in [2.24, 2.45) is 5.92 Å². The molecule has 1 saturated heterocycles. The van der Waals surface area contributed by atoms with Gasteiger partial charge in [0.15, 0.2) is 0 Å². The Labute approximate surface area is 105 Å². The maximum Gasteiger partial charge on any atom is 0.211 e. The number of piperidine rings is 1. The standard InChI is InChI=1S/C12H24N2O2S/c1-17(15,16)14-9-3-5-11(10-14)4-2-8-13-12-6-7-12/h11-13H,2-10H2,1H3. The minimum Gasteiger partial charge on any atom is -0.314 e. The Morgan fingerprint density at radius 1 is 1.29 bits per heavy atom. The van der Waals surface area contributed by atoms with Crippen LogP contribution in [0.4, 0.5) is 0 Å². The molecule has 1 N–H and O–H groups in total. The molecule has 1 atom stereocenters. The minimum atomic E-state index is -2.98. The van der Waals surface area contributed by atoms with Crippen molar-refractivity contribution in [3.8, 4) is 0 Å². The first kappa shape index (κ1) is 13.3. The second kappa shape index (κ2) is 5.67. The van der Waals surface area contributed by atoms with E-state index >= 15 is 0 Å². The highest BCUT2D eigenvalue weighted by molar-refractivity contribution is 7.88. The van der Waals surface area contributed by atoms with Crippen LogP contribution in [-0.4, -0.2) is 44.7 Å². The van der Waals surface area contributed by atoms with Gasteiger partial charge in [-0.25, -0.2) is 12.7 Å². The first-order valence-corrected chi connectivity index (χ1v) is 8.59. The lowest BCUT2D eigenvalue weighted by molar-refractivity contribution is 0.253. The van der Waals surface area contributed by atoms with Crippen molar-refractivity contribution in [3.05, 3.63) is 0 Å². The number of nitrogens with zero attached hydrogens (tertiary/aromatic N) is 1. The zero-order valence-electron chi connectivity index (χ0n) is 10.7. The van der Waals surface area contributed by atoms with Gasteiger partial charge in [0, 0.05) is 19.1 Å². The molecule has 2 fully saturated rings. The van der Waals surface area contributed by atoms with E-state index in [2.05, 4.69) is 5.32 Å². The van der Waals surface area contributed by atoms with Crippen LogP contribution in [0.15, 0.2) is 0 Å². The normalized spacial score (nSPS) is 27.2. The van der Waals surface area contributed by atoms with Crippen molar-refractivity contribution in [2.75, 3.05) is 25.9 Å². The highest BCUT2D eigenvalue weighted by Crippen LogP contribution is 2.23. The topological polar surface area (TPSA) is 49.4 Å². The molecule has 0 spiro atoms. The first-order valence-electron chi connectivity index (χ1n) is 6.74. The monoisotopic (exact) mass is 260 g/mol. The highest BCUT2D eigenvalue weighted by atomic mass is 32.2. The van der Waals surface area contributed by atoms with E-state index in [4.69, 9.17) is 0 Å². The lowest BCUT2D eigenvalue weighted by Crippen LogP contribution is -2.39. The first-order chi connectivity index (χ1) is 8.05. The molecular weight excluding hydrogens is 236 g/mol. The summed E-state index contributed by atoms with van der Waals surface area (Å²) in [5.41, 5.74) is 0. The Hall–Kier alpha value is -0.130. The number of nitrogens with one attached hydrogen (secondary N) is 1. The fraction of sp³-hybridized carbons (Fsp3) is 1.00. The molecule has 4 nitrogen and oxygen atoms in total. The van der Waals surface area contributed by atoms with E-state index in [-0.39, 0.29) is 0 Å². The molecule has 1 saturated carbocycles. The quantitative estimate of drug-likeness (QED) is 0.730. The van der Waals surface area contributed by atoms with Gasteiger partial charge in [0.25, 0.3) is 0 Å². The third-order valence-electron chi connectivity index (χ3n) is 3.75. The van der Waals surface area contributed by atoms with Crippen LogP contribution in [0.25, 0.3) is 0 Å². The third-order valence-corrected chi connectivity index (χ3v) is 5.02. The Bertz CT molecular complexity index is 338. The van der Waals surface area contributed by atoms with Crippen molar-refractivity contribution in [2.45, 2.75) is 44.6 Å². The Morgan fingerprint density at radius 2 is 2.06 bits per heavy atom. The number of rotatable bonds is 6. The predicted octanol–water partition coefficient (Wildman–Crippen LogP) is 1.19. The molecule has 1 heterocycles. The van der Waals surface area contributed by atoms with Gasteiger partial charge in [0.2, 0.25) is 10.0 Å². The van der Waals surface area contributed by atoms with Gasteiger partial charge in [-0.15, -0.1) is 0 Å². The molecule has 0 radical (unpaired) electrons.